The highest BCUT2D eigenvalue weighted by Gasteiger charge is 2.14. The molecule has 1 amide bonds. The number of aliphatic hydroxyl groups excluding tert-OH is 1. The van der Waals surface area contributed by atoms with Gasteiger partial charge < -0.3 is 15.2 Å². The molecule has 0 aromatic heterocycles. The van der Waals surface area contributed by atoms with Gasteiger partial charge in [0.05, 0.1) is 6.10 Å². The van der Waals surface area contributed by atoms with Crippen LogP contribution in [0.5, 0.6) is 5.75 Å². The van der Waals surface area contributed by atoms with E-state index in [1.165, 1.54) is 18.2 Å². The van der Waals surface area contributed by atoms with Gasteiger partial charge in [-0.25, -0.2) is 4.39 Å². The number of amides is 1. The molecule has 23 heavy (non-hydrogen) atoms. The molecule has 0 spiro atoms. The van der Waals surface area contributed by atoms with Crippen molar-refractivity contribution >= 4 is 5.91 Å². The van der Waals surface area contributed by atoms with Gasteiger partial charge in [0.1, 0.15) is 18.2 Å². The number of halogens is 1. The monoisotopic (exact) mass is 313 g/mol. The Morgan fingerprint density at radius 3 is 2.61 bits per heavy atom. The standard InChI is InChI=1S/C18H16FNO3/c1-2-11-23-14-9-7-13(8-10-14)18(22)20-12-17(21)15-5-3-4-6-16(15)19/h1,3-10,17,21H,11-12H2,(H,20,22). The van der Waals surface area contributed by atoms with Crippen molar-refractivity contribution in [3.63, 3.8) is 0 Å². The number of ether oxygens (including phenoxy) is 1. The fraction of sp³-hybridized carbons (Fsp3) is 0.167. The first-order chi connectivity index (χ1) is 11.1. The Balaban J connectivity index is 1.92. The second-order valence-electron chi connectivity index (χ2n) is 4.76. The van der Waals surface area contributed by atoms with Crippen LogP contribution < -0.4 is 10.1 Å². The lowest BCUT2D eigenvalue weighted by Gasteiger charge is -2.13. The molecule has 4 nitrogen and oxygen atoms in total. The number of carbonyl (C=O) groups excluding carboxylic acids is 1. The van der Waals surface area contributed by atoms with Crippen LogP contribution in [0, 0.1) is 18.2 Å². The summed E-state index contributed by atoms with van der Waals surface area (Å²) in [6.07, 6.45) is 3.98. The smallest absolute Gasteiger partial charge is 0.251 e. The molecular formula is C18H16FNO3. The van der Waals surface area contributed by atoms with E-state index in [2.05, 4.69) is 11.2 Å². The first-order valence-electron chi connectivity index (χ1n) is 6.99. The van der Waals surface area contributed by atoms with Crippen LogP contribution in [0.4, 0.5) is 4.39 Å². The van der Waals surface area contributed by atoms with Gasteiger partial charge in [-0.1, -0.05) is 24.1 Å². The maximum atomic E-state index is 13.5. The minimum absolute atomic E-state index is 0.0882. The maximum Gasteiger partial charge on any atom is 0.251 e. The number of nitrogens with one attached hydrogen (secondary N) is 1. The van der Waals surface area contributed by atoms with Crippen LogP contribution >= 0.6 is 0 Å². The maximum absolute atomic E-state index is 13.5. The van der Waals surface area contributed by atoms with E-state index < -0.39 is 11.9 Å². The molecule has 0 saturated heterocycles. The van der Waals surface area contributed by atoms with E-state index in [0.29, 0.717) is 11.3 Å². The summed E-state index contributed by atoms with van der Waals surface area (Å²) in [5, 5.41) is 12.5. The van der Waals surface area contributed by atoms with Crippen LogP contribution in [0.3, 0.4) is 0 Å². The minimum Gasteiger partial charge on any atom is -0.481 e. The number of carbonyl (C=O) groups is 1. The highest BCUT2D eigenvalue weighted by molar-refractivity contribution is 5.94. The van der Waals surface area contributed by atoms with Crippen LogP contribution in [0.25, 0.3) is 0 Å². The third-order valence-electron chi connectivity index (χ3n) is 3.16. The molecule has 0 heterocycles. The van der Waals surface area contributed by atoms with Gasteiger partial charge in [0.2, 0.25) is 0 Å². The summed E-state index contributed by atoms with van der Waals surface area (Å²) in [5.41, 5.74) is 0.546. The second kappa shape index (κ2) is 7.97. The molecule has 1 unspecified atom stereocenters. The summed E-state index contributed by atoms with van der Waals surface area (Å²) in [4.78, 5) is 12.0. The van der Waals surface area contributed by atoms with Gasteiger partial charge in [-0.05, 0) is 30.3 Å². The van der Waals surface area contributed by atoms with Gasteiger partial charge in [0.15, 0.2) is 0 Å². The van der Waals surface area contributed by atoms with Gasteiger partial charge in [-0.15, -0.1) is 6.42 Å². The number of hydrogen-bond donors (Lipinski definition) is 2. The van der Waals surface area contributed by atoms with Gasteiger partial charge in [0.25, 0.3) is 5.91 Å². The SMILES string of the molecule is C#CCOc1ccc(C(=O)NCC(O)c2ccccc2F)cc1. The molecule has 2 aromatic carbocycles. The van der Waals surface area contributed by atoms with Crippen LogP contribution in [0.15, 0.2) is 48.5 Å². The minimum atomic E-state index is -1.11. The van der Waals surface area contributed by atoms with E-state index in [1.807, 2.05) is 0 Å². The summed E-state index contributed by atoms with van der Waals surface area (Å²) < 4.78 is 18.7. The average Bonchev–Trinajstić information content (AvgIpc) is 2.58. The van der Waals surface area contributed by atoms with Crippen LogP contribution in [0.1, 0.15) is 22.0 Å². The fourth-order valence-electron chi connectivity index (χ4n) is 1.97. The molecule has 0 fully saturated rings. The first-order valence-corrected chi connectivity index (χ1v) is 6.99. The van der Waals surface area contributed by atoms with Gasteiger partial charge in [-0.3, -0.25) is 4.79 Å². The molecule has 0 radical (unpaired) electrons. The Morgan fingerprint density at radius 1 is 1.26 bits per heavy atom. The molecule has 5 heteroatoms. The number of aliphatic hydroxyl groups is 1. The predicted octanol–water partition coefficient (Wildman–Crippen LogP) is 2.30. The lowest BCUT2D eigenvalue weighted by Crippen LogP contribution is -2.28. The van der Waals surface area contributed by atoms with Crippen LogP contribution in [0.2, 0.25) is 0 Å². The van der Waals surface area contributed by atoms with E-state index >= 15 is 0 Å². The number of terminal acetylenes is 1. The molecule has 0 aliphatic rings. The van der Waals surface area contributed by atoms with E-state index in [4.69, 9.17) is 11.2 Å². The molecule has 1 atom stereocenters. The summed E-state index contributed by atoms with van der Waals surface area (Å²) in [5.74, 6) is 2.03. The Bertz CT molecular complexity index is 707. The molecule has 0 aliphatic carbocycles. The van der Waals surface area contributed by atoms with Crippen molar-refractivity contribution < 1.29 is 19.0 Å². The van der Waals surface area contributed by atoms with Crippen LogP contribution in [-0.2, 0) is 0 Å². The summed E-state index contributed by atoms with van der Waals surface area (Å²) >= 11 is 0. The fourth-order valence-corrected chi connectivity index (χ4v) is 1.97. The van der Waals surface area contributed by atoms with E-state index in [1.54, 1.807) is 30.3 Å². The number of rotatable bonds is 6. The quantitative estimate of drug-likeness (QED) is 0.805. The Hall–Kier alpha value is -2.84. The van der Waals surface area contributed by atoms with Crippen molar-refractivity contribution in [2.45, 2.75) is 6.10 Å². The van der Waals surface area contributed by atoms with Crippen molar-refractivity contribution in [2.24, 2.45) is 0 Å². The molecule has 0 aliphatic heterocycles. The molecule has 2 aromatic rings. The largest absolute Gasteiger partial charge is 0.481 e. The van der Waals surface area contributed by atoms with Crippen molar-refractivity contribution in [1.29, 1.82) is 0 Å². The normalized spacial score (nSPS) is 11.3. The topological polar surface area (TPSA) is 58.6 Å². The zero-order valence-electron chi connectivity index (χ0n) is 12.3. The third-order valence-corrected chi connectivity index (χ3v) is 3.16. The first kappa shape index (κ1) is 16.5. The zero-order chi connectivity index (χ0) is 16.7. The lowest BCUT2D eigenvalue weighted by molar-refractivity contribution is 0.0914. The van der Waals surface area contributed by atoms with Crippen molar-refractivity contribution in [2.75, 3.05) is 13.2 Å². The molecule has 0 saturated carbocycles. The van der Waals surface area contributed by atoms with Crippen molar-refractivity contribution in [3.05, 3.63) is 65.5 Å². The van der Waals surface area contributed by atoms with Crippen molar-refractivity contribution in [3.8, 4) is 18.1 Å². The molecule has 2 rings (SSSR count). The summed E-state index contributed by atoms with van der Waals surface area (Å²) in [6, 6.07) is 12.3. The average molecular weight is 313 g/mol. The molecular weight excluding hydrogens is 297 g/mol. The zero-order valence-corrected chi connectivity index (χ0v) is 12.3. The van der Waals surface area contributed by atoms with E-state index in [9.17, 15) is 14.3 Å². The van der Waals surface area contributed by atoms with Crippen molar-refractivity contribution in [1.82, 2.24) is 5.32 Å². The van der Waals surface area contributed by atoms with E-state index in [-0.39, 0.29) is 24.6 Å². The summed E-state index contributed by atoms with van der Waals surface area (Å²) in [7, 11) is 0. The molecule has 2 N–H and O–H groups in total. The second-order valence-corrected chi connectivity index (χ2v) is 4.76. The highest BCUT2D eigenvalue weighted by atomic mass is 19.1. The predicted molar refractivity (Wildman–Crippen MR) is 84.5 cm³/mol. The van der Waals surface area contributed by atoms with Gasteiger partial charge >= 0.3 is 0 Å². The Morgan fingerprint density at radius 2 is 1.96 bits per heavy atom. The molecule has 118 valence electrons. The third kappa shape index (κ3) is 4.56. The molecule has 0 bridgehead atoms. The Labute approximate surface area is 133 Å². The van der Waals surface area contributed by atoms with Crippen LogP contribution in [-0.4, -0.2) is 24.2 Å². The Kier molecular flexibility index (Phi) is 5.73. The number of benzene rings is 2. The summed E-state index contributed by atoms with van der Waals surface area (Å²) in [6.45, 7) is 0.0650. The van der Waals surface area contributed by atoms with Gasteiger partial charge in [0, 0.05) is 17.7 Å². The van der Waals surface area contributed by atoms with Gasteiger partial charge in [-0.2, -0.15) is 0 Å². The lowest BCUT2D eigenvalue weighted by atomic mass is 10.1. The number of hydrogen-bond acceptors (Lipinski definition) is 3. The highest BCUT2D eigenvalue weighted by Crippen LogP contribution is 2.16. The van der Waals surface area contributed by atoms with E-state index in [0.717, 1.165) is 0 Å².